The first-order valence-corrected chi connectivity index (χ1v) is 11.6. The van der Waals surface area contributed by atoms with E-state index >= 15 is 0 Å². The molecule has 1 aliphatic heterocycles. The van der Waals surface area contributed by atoms with Gasteiger partial charge in [-0.1, -0.05) is 0 Å². The summed E-state index contributed by atoms with van der Waals surface area (Å²) in [6.45, 7) is 0.989. The monoisotopic (exact) mass is 531 g/mol. The Morgan fingerprint density at radius 2 is 1.78 bits per heavy atom. The third-order valence-electron chi connectivity index (χ3n) is 6.91. The van der Waals surface area contributed by atoms with Crippen molar-refractivity contribution in [3.05, 3.63) is 36.5 Å². The van der Waals surface area contributed by atoms with Gasteiger partial charge in [0.2, 0.25) is 0 Å². The first kappa shape index (κ1) is 25.4. The van der Waals surface area contributed by atoms with Crippen LogP contribution < -0.4 is 10.2 Å². The second kappa shape index (κ2) is 9.28. The summed E-state index contributed by atoms with van der Waals surface area (Å²) in [6, 6.07) is 1.32. The van der Waals surface area contributed by atoms with Crippen LogP contribution in [0.5, 0.6) is 0 Å². The van der Waals surface area contributed by atoms with Crippen LogP contribution in [-0.4, -0.2) is 72.2 Å². The lowest BCUT2D eigenvalue weighted by Crippen LogP contribution is -2.31. The zero-order valence-corrected chi connectivity index (χ0v) is 19.2. The Bertz CT molecular complexity index is 1250. The summed E-state index contributed by atoms with van der Waals surface area (Å²) in [5, 5.41) is 23.9. The molecule has 3 aromatic heterocycles. The van der Waals surface area contributed by atoms with Gasteiger partial charge in [-0.2, -0.15) is 26.3 Å². The third kappa shape index (κ3) is 5.14. The van der Waals surface area contributed by atoms with Crippen molar-refractivity contribution >= 4 is 22.8 Å². The molecule has 1 saturated heterocycles. The maximum Gasteiger partial charge on any atom is 0.417 e. The summed E-state index contributed by atoms with van der Waals surface area (Å²) in [5.74, 6) is -0.368. The van der Waals surface area contributed by atoms with Crippen molar-refractivity contribution in [1.29, 1.82) is 0 Å². The van der Waals surface area contributed by atoms with Gasteiger partial charge in [-0.25, -0.2) is 19.9 Å². The van der Waals surface area contributed by atoms with E-state index in [4.69, 9.17) is 0 Å². The highest BCUT2D eigenvalue weighted by Gasteiger charge is 2.47. The molecule has 15 heteroatoms. The molecule has 0 spiro atoms. The van der Waals surface area contributed by atoms with Gasteiger partial charge in [0.05, 0.1) is 24.0 Å². The van der Waals surface area contributed by atoms with Gasteiger partial charge in [0.1, 0.15) is 23.8 Å². The summed E-state index contributed by atoms with van der Waals surface area (Å²) >= 11 is 0. The first-order valence-electron chi connectivity index (χ1n) is 11.6. The number of pyridine rings is 1. The Labute approximate surface area is 206 Å². The van der Waals surface area contributed by atoms with Gasteiger partial charge in [0.25, 0.3) is 0 Å². The predicted molar refractivity (Wildman–Crippen MR) is 119 cm³/mol. The number of aliphatic hydroxyl groups is 2. The standard InChI is InChI=1S/C22H23F6N7O2/c23-21(24,25)6-11-5-14(18(37)17(11)36)35-10-32-16-19(30-9-31-20(16)35)33-13-3-4-34(8-13)15-2-1-12(7-29-15)22(26,27)28/h1-2,7,9-11,13-14,17-18,36-37H,3-6,8H2,(H,30,31,33). The molecule has 0 bridgehead atoms. The zero-order valence-electron chi connectivity index (χ0n) is 19.2. The summed E-state index contributed by atoms with van der Waals surface area (Å²) in [4.78, 5) is 18.5. The number of rotatable bonds is 5. The highest BCUT2D eigenvalue weighted by molar-refractivity contribution is 5.83. The molecule has 1 saturated carbocycles. The smallest absolute Gasteiger partial charge is 0.390 e. The van der Waals surface area contributed by atoms with Crippen LogP contribution in [0.15, 0.2) is 31.0 Å². The Morgan fingerprint density at radius 1 is 1.00 bits per heavy atom. The number of imidazole rings is 1. The number of fused-ring (bicyclic) bond motifs is 1. The Morgan fingerprint density at radius 3 is 2.46 bits per heavy atom. The quantitative estimate of drug-likeness (QED) is 0.431. The lowest BCUT2D eigenvalue weighted by atomic mass is 10.0. The van der Waals surface area contributed by atoms with Gasteiger partial charge >= 0.3 is 12.4 Å². The van der Waals surface area contributed by atoms with Crippen molar-refractivity contribution in [2.45, 2.75) is 55.9 Å². The molecule has 0 radical (unpaired) electrons. The summed E-state index contributed by atoms with van der Waals surface area (Å²) in [6.07, 6.45) is -9.14. The molecule has 3 N–H and O–H groups in total. The van der Waals surface area contributed by atoms with Crippen molar-refractivity contribution in [3.8, 4) is 0 Å². The van der Waals surface area contributed by atoms with E-state index < -0.39 is 48.5 Å². The fourth-order valence-corrected chi connectivity index (χ4v) is 5.10. The van der Waals surface area contributed by atoms with Gasteiger partial charge in [-0.05, 0) is 30.9 Å². The van der Waals surface area contributed by atoms with E-state index in [2.05, 4.69) is 25.3 Å². The molecule has 0 amide bonds. The van der Waals surface area contributed by atoms with Gasteiger partial charge in [0, 0.05) is 31.7 Å². The highest BCUT2D eigenvalue weighted by atomic mass is 19.4. The molecule has 2 aliphatic rings. The maximum absolute atomic E-state index is 12.9. The molecule has 37 heavy (non-hydrogen) atoms. The largest absolute Gasteiger partial charge is 0.417 e. The zero-order chi connectivity index (χ0) is 26.5. The van der Waals surface area contributed by atoms with Crippen LogP contribution in [0.3, 0.4) is 0 Å². The van der Waals surface area contributed by atoms with E-state index in [0.717, 1.165) is 12.3 Å². The maximum atomic E-state index is 12.9. The number of aliphatic hydroxyl groups excluding tert-OH is 2. The van der Waals surface area contributed by atoms with Crippen LogP contribution in [0.4, 0.5) is 38.0 Å². The molecule has 5 atom stereocenters. The van der Waals surface area contributed by atoms with Gasteiger partial charge in [-0.3, -0.25) is 0 Å². The summed E-state index contributed by atoms with van der Waals surface area (Å²) < 4.78 is 78.5. The molecule has 1 aliphatic carbocycles. The highest BCUT2D eigenvalue weighted by Crippen LogP contribution is 2.42. The Kier molecular flexibility index (Phi) is 6.38. The lowest BCUT2D eigenvalue weighted by Gasteiger charge is -2.19. The molecular formula is C22H23F6N7O2. The number of anilines is 2. The SMILES string of the molecule is OC1C(CC(F)(F)F)CC(n2cnc3c(NC4CCN(c5ccc(C(F)(F)F)cn5)C4)ncnc32)C1O. The third-order valence-corrected chi connectivity index (χ3v) is 6.91. The van der Waals surface area contributed by atoms with Crippen molar-refractivity contribution in [3.63, 3.8) is 0 Å². The Hall–Kier alpha value is -3.20. The van der Waals surface area contributed by atoms with Gasteiger partial charge in [0.15, 0.2) is 11.5 Å². The average Bonchev–Trinajstić information content (AvgIpc) is 3.53. The van der Waals surface area contributed by atoms with Crippen molar-refractivity contribution in [2.24, 2.45) is 5.92 Å². The van der Waals surface area contributed by atoms with E-state index in [9.17, 15) is 36.6 Å². The van der Waals surface area contributed by atoms with E-state index in [1.54, 1.807) is 0 Å². The number of nitrogens with one attached hydrogen (secondary N) is 1. The number of alkyl halides is 6. The van der Waals surface area contributed by atoms with E-state index in [-0.39, 0.29) is 12.5 Å². The molecule has 4 heterocycles. The van der Waals surface area contributed by atoms with Crippen LogP contribution in [-0.2, 0) is 6.18 Å². The normalized spacial score (nSPS) is 26.8. The minimum absolute atomic E-state index is 0.0994. The number of aromatic nitrogens is 5. The molecule has 5 unspecified atom stereocenters. The van der Waals surface area contributed by atoms with E-state index in [0.29, 0.717) is 42.3 Å². The number of hydrogen-bond donors (Lipinski definition) is 3. The second-order valence-corrected chi connectivity index (χ2v) is 9.39. The molecular weight excluding hydrogens is 508 g/mol. The van der Waals surface area contributed by atoms with Crippen molar-refractivity contribution < 1.29 is 36.6 Å². The van der Waals surface area contributed by atoms with Crippen LogP contribution in [0.2, 0.25) is 0 Å². The van der Waals surface area contributed by atoms with E-state index in [1.165, 1.54) is 23.3 Å². The second-order valence-electron chi connectivity index (χ2n) is 9.39. The van der Waals surface area contributed by atoms with Crippen LogP contribution >= 0.6 is 0 Å². The van der Waals surface area contributed by atoms with Gasteiger partial charge in [-0.15, -0.1) is 0 Å². The minimum Gasteiger partial charge on any atom is -0.390 e. The molecule has 3 aromatic rings. The first-order chi connectivity index (χ1) is 17.4. The topological polar surface area (TPSA) is 112 Å². The minimum atomic E-state index is -4.47. The fourth-order valence-electron chi connectivity index (χ4n) is 5.10. The summed E-state index contributed by atoms with van der Waals surface area (Å²) in [7, 11) is 0. The number of halogens is 6. The molecule has 9 nitrogen and oxygen atoms in total. The molecule has 5 rings (SSSR count). The number of nitrogens with zero attached hydrogens (tertiary/aromatic N) is 6. The molecule has 2 fully saturated rings. The fraction of sp³-hybridized carbons (Fsp3) is 0.545. The Balaban J connectivity index is 1.30. The summed E-state index contributed by atoms with van der Waals surface area (Å²) in [5.41, 5.74) is -0.191. The lowest BCUT2D eigenvalue weighted by molar-refractivity contribution is -0.152. The predicted octanol–water partition coefficient (Wildman–Crippen LogP) is 3.17. The van der Waals surface area contributed by atoms with Gasteiger partial charge < -0.3 is 25.0 Å². The van der Waals surface area contributed by atoms with E-state index in [1.807, 2.05) is 4.90 Å². The van der Waals surface area contributed by atoms with Crippen molar-refractivity contribution in [2.75, 3.05) is 23.3 Å². The van der Waals surface area contributed by atoms with Crippen LogP contribution in [0.25, 0.3) is 11.2 Å². The van der Waals surface area contributed by atoms with Crippen molar-refractivity contribution in [1.82, 2.24) is 24.5 Å². The van der Waals surface area contributed by atoms with Crippen LogP contribution in [0, 0.1) is 5.92 Å². The average molecular weight is 531 g/mol. The number of hydrogen-bond acceptors (Lipinski definition) is 8. The van der Waals surface area contributed by atoms with Crippen LogP contribution in [0.1, 0.15) is 30.9 Å². The molecule has 0 aromatic carbocycles. The molecule has 200 valence electrons.